The normalized spacial score (nSPS) is 27.3. The van der Waals surface area contributed by atoms with Crippen LogP contribution in [0.1, 0.15) is 24.0 Å². The SMILES string of the molecule is C#CCOc1ccc([C@@H]2[C@H](C)N[C@@]3(C(=O)Nc4ccccc43)[C@@H]2[N+](=O)[O-])cc1Br. The Balaban J connectivity index is 1.80. The van der Waals surface area contributed by atoms with Crippen molar-refractivity contribution < 1.29 is 14.5 Å². The zero-order chi connectivity index (χ0) is 20.8. The molecular formula is C21H18BrN3O4. The summed E-state index contributed by atoms with van der Waals surface area (Å²) in [6.07, 6.45) is 5.23. The number of rotatable bonds is 4. The zero-order valence-corrected chi connectivity index (χ0v) is 17.1. The molecule has 2 aliphatic rings. The number of carbonyl (C=O) groups is 1. The predicted molar refractivity (Wildman–Crippen MR) is 111 cm³/mol. The Morgan fingerprint density at radius 2 is 2.10 bits per heavy atom. The van der Waals surface area contributed by atoms with E-state index < -0.39 is 23.4 Å². The molecule has 0 bridgehead atoms. The molecule has 2 aromatic rings. The number of hydrogen-bond donors (Lipinski definition) is 2. The molecule has 2 aromatic carbocycles. The molecule has 2 aliphatic heterocycles. The van der Waals surface area contributed by atoms with Gasteiger partial charge in [-0.15, -0.1) is 6.42 Å². The summed E-state index contributed by atoms with van der Waals surface area (Å²) in [5, 5.41) is 18.3. The van der Waals surface area contributed by atoms with Crippen molar-refractivity contribution in [3.05, 3.63) is 68.2 Å². The smallest absolute Gasteiger partial charge is 0.256 e. The van der Waals surface area contributed by atoms with E-state index in [1.54, 1.807) is 42.5 Å². The fraction of sp³-hybridized carbons (Fsp3) is 0.286. The maximum atomic E-state index is 13.0. The number of fused-ring (bicyclic) bond motifs is 2. The number of amides is 1. The lowest BCUT2D eigenvalue weighted by Gasteiger charge is -2.25. The van der Waals surface area contributed by atoms with Crippen LogP contribution < -0.4 is 15.4 Å². The van der Waals surface area contributed by atoms with Crippen molar-refractivity contribution in [1.82, 2.24) is 5.32 Å². The summed E-state index contributed by atoms with van der Waals surface area (Å²) in [6.45, 7) is 1.98. The molecule has 0 saturated carbocycles. The Bertz CT molecular complexity index is 1050. The molecule has 1 amide bonds. The standard InChI is InChI=1S/C21H18BrN3O4/c1-3-10-29-17-9-8-13(11-15(17)22)18-12(2)24-21(19(18)25(27)28)14-6-4-5-7-16(14)23-20(21)26/h1,4-9,11-12,18-19,24H,10H2,2H3,(H,23,26)/t12-,18-,19+,21+/m0/s1. The number of benzene rings is 2. The molecule has 0 radical (unpaired) electrons. The molecule has 0 aliphatic carbocycles. The van der Waals surface area contributed by atoms with Gasteiger partial charge < -0.3 is 10.1 Å². The van der Waals surface area contributed by atoms with Crippen LogP contribution in [0.3, 0.4) is 0 Å². The number of nitrogens with zero attached hydrogens (tertiary/aromatic N) is 1. The molecule has 1 saturated heterocycles. The molecule has 2 N–H and O–H groups in total. The highest BCUT2D eigenvalue weighted by Gasteiger charge is 2.67. The minimum Gasteiger partial charge on any atom is -0.480 e. The van der Waals surface area contributed by atoms with Gasteiger partial charge in [0.2, 0.25) is 0 Å². The van der Waals surface area contributed by atoms with Crippen LogP contribution in [0, 0.1) is 22.5 Å². The lowest BCUT2D eigenvalue weighted by molar-refractivity contribution is -0.532. The molecule has 148 valence electrons. The van der Waals surface area contributed by atoms with Gasteiger partial charge in [-0.25, -0.2) is 0 Å². The van der Waals surface area contributed by atoms with Crippen molar-refractivity contribution >= 4 is 27.5 Å². The minimum absolute atomic E-state index is 0.122. The van der Waals surface area contributed by atoms with Gasteiger partial charge in [0.05, 0.1) is 10.4 Å². The second-order valence-corrected chi connectivity index (χ2v) is 8.03. The van der Waals surface area contributed by atoms with E-state index in [1.807, 2.05) is 6.92 Å². The van der Waals surface area contributed by atoms with Crippen molar-refractivity contribution in [3.8, 4) is 18.1 Å². The van der Waals surface area contributed by atoms with E-state index in [-0.39, 0.29) is 17.6 Å². The summed E-state index contributed by atoms with van der Waals surface area (Å²) >= 11 is 3.45. The molecule has 8 heteroatoms. The van der Waals surface area contributed by atoms with Crippen molar-refractivity contribution in [2.24, 2.45) is 0 Å². The summed E-state index contributed by atoms with van der Waals surface area (Å²) in [6, 6.07) is 10.9. The number of ether oxygens (including phenoxy) is 1. The van der Waals surface area contributed by atoms with Gasteiger partial charge in [-0.1, -0.05) is 30.2 Å². The Morgan fingerprint density at radius 3 is 2.79 bits per heavy atom. The molecule has 7 nitrogen and oxygen atoms in total. The number of halogens is 1. The molecule has 0 unspecified atom stereocenters. The second-order valence-electron chi connectivity index (χ2n) is 7.18. The largest absolute Gasteiger partial charge is 0.480 e. The molecule has 1 spiro atoms. The van der Waals surface area contributed by atoms with E-state index in [0.717, 1.165) is 5.56 Å². The molecule has 1 fully saturated rings. The third-order valence-corrected chi connectivity index (χ3v) is 6.23. The fourth-order valence-electron chi connectivity index (χ4n) is 4.51. The predicted octanol–water partition coefficient (Wildman–Crippen LogP) is 3.03. The van der Waals surface area contributed by atoms with Crippen molar-refractivity contribution in [1.29, 1.82) is 0 Å². The van der Waals surface area contributed by atoms with Gasteiger partial charge in [0.15, 0.2) is 5.54 Å². The van der Waals surface area contributed by atoms with Gasteiger partial charge in [0.1, 0.15) is 12.4 Å². The summed E-state index contributed by atoms with van der Waals surface area (Å²) in [7, 11) is 0. The van der Waals surface area contributed by atoms with Gasteiger partial charge in [0.25, 0.3) is 11.9 Å². The Kier molecular flexibility index (Phi) is 4.81. The monoisotopic (exact) mass is 455 g/mol. The summed E-state index contributed by atoms with van der Waals surface area (Å²) in [5.74, 6) is 2.03. The number of carbonyl (C=O) groups excluding carboxylic acids is 1. The van der Waals surface area contributed by atoms with Crippen LogP contribution in [-0.4, -0.2) is 29.5 Å². The van der Waals surface area contributed by atoms with Crippen LogP contribution in [-0.2, 0) is 10.3 Å². The third-order valence-electron chi connectivity index (χ3n) is 5.62. The van der Waals surface area contributed by atoms with Crippen LogP contribution in [0.5, 0.6) is 5.75 Å². The number of anilines is 1. The Hall–Kier alpha value is -2.89. The van der Waals surface area contributed by atoms with Crippen LogP contribution in [0.25, 0.3) is 0 Å². The first-order valence-corrected chi connectivity index (χ1v) is 9.87. The lowest BCUT2D eigenvalue weighted by atomic mass is 9.78. The van der Waals surface area contributed by atoms with Gasteiger partial charge in [-0.3, -0.25) is 20.2 Å². The minimum atomic E-state index is -1.42. The topological polar surface area (TPSA) is 93.5 Å². The molecule has 0 aromatic heterocycles. The van der Waals surface area contributed by atoms with E-state index in [9.17, 15) is 14.9 Å². The van der Waals surface area contributed by atoms with Crippen molar-refractivity contribution in [2.75, 3.05) is 11.9 Å². The number of hydrogen-bond acceptors (Lipinski definition) is 5. The average molecular weight is 456 g/mol. The van der Waals surface area contributed by atoms with Crippen LogP contribution in [0.2, 0.25) is 0 Å². The number of nitrogens with one attached hydrogen (secondary N) is 2. The quantitative estimate of drug-likeness (QED) is 0.419. The first-order chi connectivity index (χ1) is 13.9. The summed E-state index contributed by atoms with van der Waals surface area (Å²) < 4.78 is 6.11. The highest BCUT2D eigenvalue weighted by atomic mass is 79.9. The molecule has 29 heavy (non-hydrogen) atoms. The molecule has 4 atom stereocenters. The summed E-state index contributed by atoms with van der Waals surface area (Å²) in [5.41, 5.74) is 0.522. The van der Waals surface area contributed by atoms with E-state index in [0.29, 0.717) is 21.5 Å². The number of nitro groups is 1. The van der Waals surface area contributed by atoms with Crippen LogP contribution in [0.15, 0.2) is 46.9 Å². The highest BCUT2D eigenvalue weighted by Crippen LogP contribution is 2.50. The zero-order valence-electron chi connectivity index (χ0n) is 15.5. The molecular weight excluding hydrogens is 438 g/mol. The van der Waals surface area contributed by atoms with E-state index in [1.165, 1.54) is 0 Å². The van der Waals surface area contributed by atoms with Gasteiger partial charge in [-0.2, -0.15) is 0 Å². The molecule has 4 rings (SSSR count). The average Bonchev–Trinajstić information content (AvgIpc) is 3.15. The Labute approximate surface area is 176 Å². The highest BCUT2D eigenvalue weighted by molar-refractivity contribution is 9.10. The van der Waals surface area contributed by atoms with Gasteiger partial charge >= 0.3 is 0 Å². The Morgan fingerprint density at radius 1 is 1.34 bits per heavy atom. The number of terminal acetylenes is 1. The number of para-hydroxylation sites is 1. The second kappa shape index (κ2) is 7.17. The van der Waals surface area contributed by atoms with Gasteiger partial charge in [-0.05, 0) is 46.6 Å². The van der Waals surface area contributed by atoms with E-state index in [4.69, 9.17) is 11.2 Å². The maximum Gasteiger partial charge on any atom is 0.256 e. The van der Waals surface area contributed by atoms with E-state index >= 15 is 0 Å². The first kappa shape index (κ1) is 19.4. The van der Waals surface area contributed by atoms with E-state index in [2.05, 4.69) is 32.5 Å². The lowest BCUT2D eigenvalue weighted by Crippen LogP contribution is -2.54. The van der Waals surface area contributed by atoms with Crippen molar-refractivity contribution in [3.63, 3.8) is 0 Å². The first-order valence-electron chi connectivity index (χ1n) is 9.08. The third kappa shape index (κ3) is 2.89. The fourth-order valence-corrected chi connectivity index (χ4v) is 5.03. The van der Waals surface area contributed by atoms with Crippen molar-refractivity contribution in [2.45, 2.75) is 30.5 Å². The van der Waals surface area contributed by atoms with Crippen LogP contribution >= 0.6 is 15.9 Å². The summed E-state index contributed by atoms with van der Waals surface area (Å²) in [4.78, 5) is 24.9. The van der Waals surface area contributed by atoms with Gasteiger partial charge in [0, 0.05) is 22.2 Å². The molecule has 2 heterocycles. The maximum absolute atomic E-state index is 13.0. The van der Waals surface area contributed by atoms with Crippen LogP contribution in [0.4, 0.5) is 5.69 Å².